The third-order valence-electron chi connectivity index (χ3n) is 5.39. The zero-order chi connectivity index (χ0) is 21.3. The number of hydrogen-bond acceptors (Lipinski definition) is 5. The lowest BCUT2D eigenvalue weighted by Gasteiger charge is -2.36. The van der Waals surface area contributed by atoms with E-state index >= 15 is 0 Å². The number of carbonyl (C=O) groups is 1. The smallest absolute Gasteiger partial charge is 0.255 e. The van der Waals surface area contributed by atoms with Gasteiger partial charge in [0.1, 0.15) is 5.75 Å². The molecule has 2 aromatic carbocycles. The van der Waals surface area contributed by atoms with Gasteiger partial charge in [0, 0.05) is 11.4 Å². The molecule has 2 aliphatic rings. The molecule has 0 aliphatic carbocycles. The molecule has 1 N–H and O–H groups in total. The summed E-state index contributed by atoms with van der Waals surface area (Å²) in [5, 5.41) is 6.08. The molecular formula is C24H25N3O2S. The molecule has 0 saturated heterocycles. The van der Waals surface area contributed by atoms with Crippen molar-refractivity contribution >= 4 is 28.5 Å². The van der Waals surface area contributed by atoms with Gasteiger partial charge in [0.25, 0.3) is 5.91 Å². The van der Waals surface area contributed by atoms with Gasteiger partial charge in [-0.25, -0.2) is 4.99 Å². The summed E-state index contributed by atoms with van der Waals surface area (Å²) in [6, 6.07) is 15.4. The normalized spacial score (nSPS) is 18.0. The lowest BCUT2D eigenvalue weighted by molar-refractivity contribution is -0.113. The number of nitrogens with zero attached hydrogens (tertiary/aromatic N) is 2. The van der Waals surface area contributed by atoms with E-state index in [4.69, 9.17) is 9.73 Å². The van der Waals surface area contributed by atoms with Crippen molar-refractivity contribution in [3.05, 3.63) is 82.0 Å². The molecular weight excluding hydrogens is 394 g/mol. The second-order valence-electron chi connectivity index (χ2n) is 7.30. The van der Waals surface area contributed by atoms with Gasteiger partial charge in [-0.05, 0) is 55.0 Å². The predicted molar refractivity (Wildman–Crippen MR) is 123 cm³/mol. The summed E-state index contributed by atoms with van der Waals surface area (Å²) in [6.45, 7) is 6.05. The number of fused-ring (bicyclic) bond motifs is 1. The van der Waals surface area contributed by atoms with Crippen molar-refractivity contribution in [3.63, 3.8) is 0 Å². The van der Waals surface area contributed by atoms with Crippen molar-refractivity contribution in [1.29, 1.82) is 0 Å². The van der Waals surface area contributed by atoms with E-state index in [2.05, 4.69) is 28.6 Å². The summed E-state index contributed by atoms with van der Waals surface area (Å²) in [5.41, 5.74) is 5.36. The molecule has 4 rings (SSSR count). The molecule has 2 heterocycles. The Morgan fingerprint density at radius 2 is 1.97 bits per heavy atom. The zero-order valence-electron chi connectivity index (χ0n) is 17.6. The number of rotatable bonds is 5. The van der Waals surface area contributed by atoms with E-state index < -0.39 is 0 Å². The first kappa shape index (κ1) is 20.3. The van der Waals surface area contributed by atoms with Crippen LogP contribution >= 0.6 is 11.8 Å². The molecule has 0 fully saturated rings. The summed E-state index contributed by atoms with van der Waals surface area (Å²) in [6.07, 6.45) is 0.859. The van der Waals surface area contributed by atoms with Gasteiger partial charge >= 0.3 is 0 Å². The zero-order valence-corrected chi connectivity index (χ0v) is 18.4. The fourth-order valence-corrected chi connectivity index (χ4v) is 4.88. The molecule has 30 heavy (non-hydrogen) atoms. The Morgan fingerprint density at radius 1 is 1.20 bits per heavy atom. The number of ether oxygens (including phenoxy) is 1. The molecule has 1 atom stereocenters. The number of anilines is 1. The van der Waals surface area contributed by atoms with Gasteiger partial charge in [0.15, 0.2) is 5.17 Å². The minimum absolute atomic E-state index is 0.140. The summed E-state index contributed by atoms with van der Waals surface area (Å²) in [4.78, 5) is 20.4. The van der Waals surface area contributed by atoms with Crippen molar-refractivity contribution < 1.29 is 9.53 Å². The van der Waals surface area contributed by atoms with Crippen LogP contribution in [-0.4, -0.2) is 23.1 Å². The minimum Gasteiger partial charge on any atom is -0.496 e. The van der Waals surface area contributed by atoms with E-state index in [1.54, 1.807) is 18.9 Å². The van der Waals surface area contributed by atoms with Crippen LogP contribution in [0.2, 0.25) is 0 Å². The quantitative estimate of drug-likeness (QED) is 0.683. The molecule has 6 heteroatoms. The number of allylic oxidation sites excluding steroid dienone is 2. The first-order chi connectivity index (χ1) is 14.5. The third-order valence-corrected chi connectivity index (χ3v) is 6.28. The molecule has 0 saturated carbocycles. The van der Waals surface area contributed by atoms with E-state index in [9.17, 15) is 4.79 Å². The minimum atomic E-state index is -0.267. The van der Waals surface area contributed by atoms with E-state index in [1.807, 2.05) is 56.3 Å². The monoisotopic (exact) mass is 419 g/mol. The fraction of sp³-hybridized carbons (Fsp3) is 0.250. The van der Waals surface area contributed by atoms with Gasteiger partial charge in [-0.2, -0.15) is 0 Å². The highest BCUT2D eigenvalue weighted by Gasteiger charge is 2.39. The third kappa shape index (κ3) is 3.63. The molecule has 2 aliphatic heterocycles. The van der Waals surface area contributed by atoms with Crippen LogP contribution in [0.1, 0.15) is 37.4 Å². The molecule has 0 aromatic heterocycles. The van der Waals surface area contributed by atoms with Gasteiger partial charge in [-0.3, -0.25) is 4.79 Å². The first-order valence-corrected chi connectivity index (χ1v) is 10.9. The second kappa shape index (κ2) is 8.40. The number of thioether (sulfide) groups is 1. The molecule has 0 unspecified atom stereocenters. The van der Waals surface area contributed by atoms with Crippen LogP contribution in [-0.2, 0) is 4.79 Å². The van der Waals surface area contributed by atoms with Crippen LogP contribution in [0.5, 0.6) is 5.75 Å². The summed E-state index contributed by atoms with van der Waals surface area (Å²) < 4.78 is 5.57. The molecule has 0 spiro atoms. The number of hydrogen-bond donors (Lipinski definition) is 1. The van der Waals surface area contributed by atoms with E-state index in [1.165, 1.54) is 0 Å². The van der Waals surface area contributed by atoms with Crippen LogP contribution < -0.4 is 10.1 Å². The maximum absolute atomic E-state index is 13.4. The maximum atomic E-state index is 13.4. The SMILES string of the molecule is CCC1=CSC2=NC(C)=C(C(=O)Nc3ccccc3)[C@H](c3ccc(C)c(OC)c3)N12. The summed E-state index contributed by atoms with van der Waals surface area (Å²) in [5.74, 6) is 0.671. The van der Waals surface area contributed by atoms with Crippen molar-refractivity contribution in [3.8, 4) is 5.75 Å². The Hall–Kier alpha value is -2.99. The Kier molecular flexibility index (Phi) is 5.68. The van der Waals surface area contributed by atoms with Crippen LogP contribution in [0.25, 0.3) is 0 Å². The Bertz CT molecular complexity index is 1070. The molecule has 0 radical (unpaired) electrons. The molecule has 5 nitrogen and oxygen atoms in total. The van der Waals surface area contributed by atoms with E-state index in [0.29, 0.717) is 5.57 Å². The summed E-state index contributed by atoms with van der Waals surface area (Å²) in [7, 11) is 1.67. The maximum Gasteiger partial charge on any atom is 0.255 e. The van der Waals surface area contributed by atoms with Crippen molar-refractivity contribution in [2.24, 2.45) is 4.99 Å². The number of aryl methyl sites for hydroxylation is 1. The first-order valence-electron chi connectivity index (χ1n) is 9.98. The number of carbonyl (C=O) groups excluding carboxylic acids is 1. The van der Waals surface area contributed by atoms with Gasteiger partial charge in [0.2, 0.25) is 0 Å². The molecule has 154 valence electrons. The highest BCUT2D eigenvalue weighted by molar-refractivity contribution is 8.16. The van der Waals surface area contributed by atoms with Crippen molar-refractivity contribution in [2.45, 2.75) is 33.2 Å². The van der Waals surface area contributed by atoms with E-state index in [-0.39, 0.29) is 11.9 Å². The van der Waals surface area contributed by atoms with Crippen LogP contribution in [0.4, 0.5) is 5.69 Å². The van der Waals surface area contributed by atoms with Crippen LogP contribution in [0.15, 0.2) is 75.9 Å². The Labute approximate surface area is 181 Å². The largest absolute Gasteiger partial charge is 0.496 e. The van der Waals surface area contributed by atoms with Gasteiger partial charge < -0.3 is 15.0 Å². The van der Waals surface area contributed by atoms with Crippen LogP contribution in [0, 0.1) is 6.92 Å². The number of aliphatic imine (C=N–C) groups is 1. The number of amidine groups is 1. The topological polar surface area (TPSA) is 53.9 Å². The number of amides is 1. The summed E-state index contributed by atoms with van der Waals surface area (Å²) >= 11 is 1.61. The second-order valence-corrected chi connectivity index (χ2v) is 8.13. The number of benzene rings is 2. The average Bonchev–Trinajstić information content (AvgIpc) is 3.16. The standard InChI is InChI=1S/C24H25N3O2S/c1-5-19-14-30-24-25-16(3)21(23(28)26-18-9-7-6-8-10-18)22(27(19)24)17-12-11-15(2)20(13-17)29-4/h6-14,22H,5H2,1-4H3,(H,26,28)/t22-/m0/s1. The van der Waals surface area contributed by atoms with Crippen molar-refractivity contribution in [2.75, 3.05) is 12.4 Å². The Morgan fingerprint density at radius 3 is 2.67 bits per heavy atom. The van der Waals surface area contributed by atoms with E-state index in [0.717, 1.165) is 45.5 Å². The van der Waals surface area contributed by atoms with Crippen LogP contribution in [0.3, 0.4) is 0 Å². The van der Waals surface area contributed by atoms with Gasteiger partial charge in [-0.15, -0.1) is 0 Å². The van der Waals surface area contributed by atoms with Gasteiger partial charge in [-0.1, -0.05) is 49.0 Å². The predicted octanol–water partition coefficient (Wildman–Crippen LogP) is 5.63. The average molecular weight is 420 g/mol. The Balaban J connectivity index is 1.82. The lowest BCUT2D eigenvalue weighted by atomic mass is 9.92. The number of nitrogens with one attached hydrogen (secondary N) is 1. The highest BCUT2D eigenvalue weighted by atomic mass is 32.2. The molecule has 2 aromatic rings. The molecule has 0 bridgehead atoms. The molecule has 1 amide bonds. The van der Waals surface area contributed by atoms with Gasteiger partial charge in [0.05, 0.1) is 24.4 Å². The number of para-hydroxylation sites is 1. The van der Waals surface area contributed by atoms with Crippen molar-refractivity contribution in [1.82, 2.24) is 4.90 Å². The number of methoxy groups -OCH3 is 1. The lowest BCUT2D eigenvalue weighted by Crippen LogP contribution is -2.37. The highest BCUT2D eigenvalue weighted by Crippen LogP contribution is 2.45. The fourth-order valence-electron chi connectivity index (χ4n) is 3.83.